The van der Waals surface area contributed by atoms with E-state index in [0.29, 0.717) is 5.56 Å². The van der Waals surface area contributed by atoms with Crippen molar-refractivity contribution in [3.63, 3.8) is 0 Å². The van der Waals surface area contributed by atoms with E-state index >= 15 is 0 Å². The van der Waals surface area contributed by atoms with Gasteiger partial charge in [-0.05, 0) is 19.4 Å². The Balaban J connectivity index is 1.81. The molecule has 2 aliphatic rings. The van der Waals surface area contributed by atoms with Crippen LogP contribution < -0.4 is 11.1 Å². The zero-order chi connectivity index (χ0) is 21.6. The molecule has 9 nitrogen and oxygen atoms in total. The van der Waals surface area contributed by atoms with Crippen molar-refractivity contribution in [1.82, 2.24) is 10.2 Å². The van der Waals surface area contributed by atoms with Gasteiger partial charge < -0.3 is 25.8 Å². The minimum Gasteiger partial charge on any atom is -0.479 e. The van der Waals surface area contributed by atoms with Crippen molar-refractivity contribution in [3.8, 4) is 0 Å². The second-order valence-electron chi connectivity index (χ2n) is 7.55. The Morgan fingerprint density at radius 3 is 2.48 bits per heavy atom. The smallest absolute Gasteiger partial charge is 0.334 e. The molecule has 156 valence electrons. The third kappa shape index (κ3) is 3.25. The molecule has 2 aliphatic heterocycles. The molecule has 0 aliphatic carbocycles. The van der Waals surface area contributed by atoms with Gasteiger partial charge in [0.15, 0.2) is 5.54 Å². The summed E-state index contributed by atoms with van der Waals surface area (Å²) in [4.78, 5) is 50.1. The van der Waals surface area contributed by atoms with Crippen LogP contribution in [0.25, 0.3) is 0 Å². The topological polar surface area (TPSA) is 139 Å². The molecule has 0 bridgehead atoms. The Morgan fingerprint density at radius 1 is 1.31 bits per heavy atom. The van der Waals surface area contributed by atoms with Gasteiger partial charge in [0.1, 0.15) is 24.1 Å². The number of rotatable bonds is 6. The molecule has 10 heteroatoms. The summed E-state index contributed by atoms with van der Waals surface area (Å²) in [5.41, 5.74) is 4.86. The van der Waals surface area contributed by atoms with Gasteiger partial charge in [-0.3, -0.25) is 14.4 Å². The number of nitrogens with one attached hydrogen (secondary N) is 1. The van der Waals surface area contributed by atoms with E-state index in [4.69, 9.17) is 10.5 Å². The Labute approximate surface area is 171 Å². The van der Waals surface area contributed by atoms with E-state index in [-0.39, 0.29) is 0 Å². The molecule has 29 heavy (non-hydrogen) atoms. The molecule has 2 amide bonds. The first-order valence-corrected chi connectivity index (χ1v) is 9.89. The number of amides is 2. The maximum Gasteiger partial charge on any atom is 0.334 e. The first kappa shape index (κ1) is 21.1. The van der Waals surface area contributed by atoms with Gasteiger partial charge in [0.25, 0.3) is 0 Å². The second kappa shape index (κ2) is 7.34. The zero-order valence-electron chi connectivity index (χ0n) is 16.2. The molecule has 2 unspecified atom stereocenters. The summed E-state index contributed by atoms with van der Waals surface area (Å²) in [6.07, 6.45) is 0. The van der Waals surface area contributed by atoms with Gasteiger partial charge in [0.2, 0.25) is 11.8 Å². The predicted molar refractivity (Wildman–Crippen MR) is 105 cm³/mol. The van der Waals surface area contributed by atoms with Crippen molar-refractivity contribution in [2.24, 2.45) is 5.73 Å². The third-order valence-corrected chi connectivity index (χ3v) is 7.09. The predicted octanol–water partition coefficient (Wildman–Crippen LogP) is 0.251. The van der Waals surface area contributed by atoms with Crippen molar-refractivity contribution in [2.45, 2.75) is 48.5 Å². The molecule has 2 fully saturated rings. The zero-order valence-corrected chi connectivity index (χ0v) is 17.1. The van der Waals surface area contributed by atoms with Gasteiger partial charge in [-0.25, -0.2) is 4.79 Å². The molecule has 0 aromatic heterocycles. The minimum atomic E-state index is -1.73. The first-order valence-electron chi connectivity index (χ1n) is 9.01. The van der Waals surface area contributed by atoms with E-state index in [1.54, 1.807) is 44.2 Å². The van der Waals surface area contributed by atoms with E-state index in [2.05, 4.69) is 5.32 Å². The minimum absolute atomic E-state index is 0.468. The fourth-order valence-electron chi connectivity index (χ4n) is 3.74. The molecule has 0 radical (unpaired) electrons. The van der Waals surface area contributed by atoms with Crippen LogP contribution in [0.5, 0.6) is 0 Å². The van der Waals surface area contributed by atoms with Crippen molar-refractivity contribution < 1.29 is 29.0 Å². The van der Waals surface area contributed by atoms with Crippen molar-refractivity contribution in [1.29, 1.82) is 0 Å². The van der Waals surface area contributed by atoms with Crippen LogP contribution in [-0.4, -0.2) is 62.1 Å². The fourth-order valence-corrected chi connectivity index (χ4v) is 5.49. The van der Waals surface area contributed by atoms with E-state index in [1.807, 2.05) is 0 Å². The van der Waals surface area contributed by atoms with Crippen LogP contribution in [0.4, 0.5) is 0 Å². The molecule has 2 heterocycles. The Hall–Kier alpha value is -2.59. The molecule has 4 atom stereocenters. The highest BCUT2D eigenvalue weighted by atomic mass is 32.2. The van der Waals surface area contributed by atoms with Gasteiger partial charge in [-0.2, -0.15) is 0 Å². The number of nitrogens with two attached hydrogens (primary N) is 1. The Morgan fingerprint density at radius 2 is 1.93 bits per heavy atom. The summed E-state index contributed by atoms with van der Waals surface area (Å²) in [5, 5.41) is 12.0. The number of benzene rings is 1. The number of fused-ring (bicyclic) bond motifs is 1. The number of carbonyl (C=O) groups is 4. The summed E-state index contributed by atoms with van der Waals surface area (Å²) in [6, 6.07) is 6.87. The molecule has 0 spiro atoms. The lowest BCUT2D eigenvalue weighted by Crippen LogP contribution is -2.77. The van der Waals surface area contributed by atoms with Crippen LogP contribution in [0, 0.1) is 0 Å². The van der Waals surface area contributed by atoms with Crippen molar-refractivity contribution >= 4 is 35.5 Å². The molecular weight excluding hydrogens is 398 g/mol. The maximum absolute atomic E-state index is 12.8. The Kier molecular flexibility index (Phi) is 5.35. The number of aliphatic carboxylic acids is 1. The summed E-state index contributed by atoms with van der Waals surface area (Å²) < 4.78 is 4.04. The summed E-state index contributed by atoms with van der Waals surface area (Å²) in [7, 11) is 0. The van der Waals surface area contributed by atoms with E-state index in [9.17, 15) is 24.3 Å². The summed E-state index contributed by atoms with van der Waals surface area (Å²) in [5.74, 6) is -2.98. The lowest BCUT2D eigenvalue weighted by molar-refractivity contribution is -0.179. The van der Waals surface area contributed by atoms with Gasteiger partial charge in [-0.15, -0.1) is 11.8 Å². The molecule has 1 aromatic carbocycles. The second-order valence-corrected chi connectivity index (χ2v) is 9.29. The fraction of sp³-hybridized carbons (Fsp3) is 0.474. The summed E-state index contributed by atoms with van der Waals surface area (Å²) in [6.45, 7) is 4.06. The van der Waals surface area contributed by atoms with E-state index < -0.39 is 58.1 Å². The average molecular weight is 421 g/mol. The number of carbonyl (C=O) groups excluding carboxylic acids is 3. The SMILES string of the molecule is CC(=O)OC[C@@]1(C(=O)O)N2C(=O)C(NC(=O)C(N)c3ccccc3)[C@H]2SC1(C)C. The van der Waals surface area contributed by atoms with Crippen LogP contribution in [0.15, 0.2) is 30.3 Å². The van der Waals surface area contributed by atoms with Crippen molar-refractivity contribution in [3.05, 3.63) is 35.9 Å². The number of hydrogen-bond acceptors (Lipinski definition) is 7. The highest BCUT2D eigenvalue weighted by Gasteiger charge is 2.73. The van der Waals surface area contributed by atoms with Gasteiger partial charge in [0.05, 0.1) is 4.75 Å². The van der Waals surface area contributed by atoms with Crippen LogP contribution in [-0.2, 0) is 23.9 Å². The van der Waals surface area contributed by atoms with E-state index in [0.717, 1.165) is 0 Å². The van der Waals surface area contributed by atoms with Crippen LogP contribution in [0.3, 0.4) is 0 Å². The van der Waals surface area contributed by atoms with Crippen LogP contribution >= 0.6 is 11.8 Å². The third-order valence-electron chi connectivity index (χ3n) is 5.44. The Bertz CT molecular complexity index is 861. The number of β-lactam (4-membered cyclic amide) rings is 1. The number of carboxylic acids is 1. The standard InChI is InChI=1S/C19H23N3O6S/c1-10(23)28-9-19(17(26)27)18(2,3)29-16-13(15(25)22(16)19)21-14(24)12(20)11-7-5-4-6-8-11/h4-8,12-13,16H,9,20H2,1-3H3,(H,21,24)(H,26,27)/t12?,13?,16-,19+/m1/s1. The number of nitrogens with zero attached hydrogens (tertiary/aromatic N) is 1. The van der Waals surface area contributed by atoms with Crippen LogP contribution in [0.2, 0.25) is 0 Å². The molecular formula is C19H23N3O6S. The lowest BCUT2D eigenvalue weighted by atomic mass is 9.81. The van der Waals surface area contributed by atoms with Gasteiger partial charge in [-0.1, -0.05) is 30.3 Å². The lowest BCUT2D eigenvalue weighted by Gasteiger charge is -2.49. The normalized spacial score (nSPS) is 28.1. The van der Waals surface area contributed by atoms with Crippen molar-refractivity contribution in [2.75, 3.05) is 6.61 Å². The number of esters is 1. The molecule has 1 aromatic rings. The molecule has 0 saturated carbocycles. The molecule has 2 saturated heterocycles. The molecule has 3 rings (SSSR count). The van der Waals surface area contributed by atoms with Gasteiger partial charge >= 0.3 is 11.9 Å². The number of hydrogen-bond donors (Lipinski definition) is 3. The van der Waals surface area contributed by atoms with Crippen LogP contribution in [0.1, 0.15) is 32.4 Å². The number of carboxylic acid groups (broad SMARTS) is 1. The maximum atomic E-state index is 12.8. The quantitative estimate of drug-likeness (QED) is 0.439. The number of ether oxygens (including phenoxy) is 1. The largest absolute Gasteiger partial charge is 0.479 e. The summed E-state index contributed by atoms with van der Waals surface area (Å²) >= 11 is 1.24. The van der Waals surface area contributed by atoms with E-state index in [1.165, 1.54) is 23.6 Å². The average Bonchev–Trinajstić information content (AvgIpc) is 2.89. The molecule has 4 N–H and O–H groups in total. The monoisotopic (exact) mass is 421 g/mol. The highest BCUT2D eigenvalue weighted by Crippen LogP contribution is 2.57. The number of thioether (sulfide) groups is 1. The highest BCUT2D eigenvalue weighted by molar-refractivity contribution is 8.01. The van der Waals surface area contributed by atoms with Gasteiger partial charge in [0, 0.05) is 6.92 Å². The first-order chi connectivity index (χ1) is 13.5.